The first-order valence-electron chi connectivity index (χ1n) is 11.6. The lowest BCUT2D eigenvalue weighted by Gasteiger charge is -2.57. The van der Waals surface area contributed by atoms with E-state index in [1.165, 1.54) is 55.5 Å². The number of hydrogen-bond donors (Lipinski definition) is 1. The van der Waals surface area contributed by atoms with Crippen LogP contribution in [0.15, 0.2) is 48.5 Å². The van der Waals surface area contributed by atoms with E-state index in [-0.39, 0.29) is 12.6 Å². The van der Waals surface area contributed by atoms with Gasteiger partial charge in [-0.15, -0.1) is 0 Å². The molecule has 1 saturated carbocycles. The van der Waals surface area contributed by atoms with Crippen molar-refractivity contribution in [2.45, 2.75) is 43.7 Å². The Balaban J connectivity index is 1.35. The van der Waals surface area contributed by atoms with E-state index in [1.54, 1.807) is 7.11 Å². The molecule has 1 aliphatic carbocycles. The molecule has 2 aromatic rings. The number of benzene rings is 2. The first-order valence-corrected chi connectivity index (χ1v) is 11.6. The van der Waals surface area contributed by atoms with Crippen LogP contribution in [-0.2, 0) is 0 Å². The number of hydrogen-bond acceptors (Lipinski definition) is 4. The fraction of sp³-hybridized carbons (Fsp3) is 0.538. The summed E-state index contributed by atoms with van der Waals surface area (Å²) in [6, 6.07) is 18.0. The molecule has 4 heteroatoms. The zero-order valence-corrected chi connectivity index (χ0v) is 18.0. The van der Waals surface area contributed by atoms with Gasteiger partial charge in [0.1, 0.15) is 5.75 Å². The molecule has 160 valence electrons. The van der Waals surface area contributed by atoms with Crippen LogP contribution in [0.2, 0.25) is 0 Å². The Morgan fingerprint density at radius 2 is 1.80 bits per heavy atom. The van der Waals surface area contributed by atoms with Crippen LogP contribution in [0.25, 0.3) is 11.1 Å². The molecule has 0 amide bonds. The van der Waals surface area contributed by atoms with Crippen molar-refractivity contribution in [3.05, 3.63) is 54.1 Å². The van der Waals surface area contributed by atoms with Crippen molar-refractivity contribution >= 4 is 0 Å². The number of ether oxygens (including phenoxy) is 1. The van der Waals surface area contributed by atoms with Gasteiger partial charge in [-0.2, -0.15) is 0 Å². The van der Waals surface area contributed by atoms with Gasteiger partial charge in [-0.1, -0.05) is 36.4 Å². The molecule has 5 rings (SSSR count). The molecule has 1 N–H and O–H groups in total. The molecule has 2 aromatic carbocycles. The van der Waals surface area contributed by atoms with Gasteiger partial charge < -0.3 is 14.7 Å². The highest BCUT2D eigenvalue weighted by Gasteiger charge is 2.49. The summed E-state index contributed by atoms with van der Waals surface area (Å²) in [6.07, 6.45) is 5.36. The third-order valence-electron chi connectivity index (χ3n) is 7.37. The van der Waals surface area contributed by atoms with Crippen LogP contribution in [0.5, 0.6) is 5.75 Å². The first kappa shape index (κ1) is 20.0. The number of aliphatic hydroxyl groups excluding tert-OH is 1. The number of aliphatic hydroxyl groups is 1. The van der Waals surface area contributed by atoms with Crippen LogP contribution in [0.3, 0.4) is 0 Å². The molecule has 3 atom stereocenters. The van der Waals surface area contributed by atoms with Gasteiger partial charge in [0.15, 0.2) is 0 Å². The Morgan fingerprint density at radius 3 is 2.53 bits per heavy atom. The molecule has 30 heavy (non-hydrogen) atoms. The Kier molecular flexibility index (Phi) is 5.81. The van der Waals surface area contributed by atoms with Crippen molar-refractivity contribution in [3.63, 3.8) is 0 Å². The number of fused-ring (bicyclic) bond motifs is 1. The average molecular weight is 407 g/mol. The highest BCUT2D eigenvalue weighted by molar-refractivity contribution is 5.65. The Bertz CT molecular complexity index is 848. The molecule has 0 radical (unpaired) electrons. The molecule has 3 fully saturated rings. The van der Waals surface area contributed by atoms with Crippen LogP contribution in [0.1, 0.15) is 37.2 Å². The third-order valence-corrected chi connectivity index (χ3v) is 7.37. The molecular weight excluding hydrogens is 372 g/mol. The summed E-state index contributed by atoms with van der Waals surface area (Å²) in [6.45, 7) is 5.05. The number of nitrogens with zero attached hydrogens (tertiary/aromatic N) is 2. The van der Waals surface area contributed by atoms with E-state index in [2.05, 4.69) is 46.2 Å². The molecule has 3 aliphatic rings. The van der Waals surface area contributed by atoms with E-state index in [0.717, 1.165) is 24.8 Å². The second kappa shape index (κ2) is 8.70. The van der Waals surface area contributed by atoms with Gasteiger partial charge in [-0.3, -0.25) is 4.90 Å². The highest BCUT2D eigenvalue weighted by Crippen LogP contribution is 2.43. The van der Waals surface area contributed by atoms with Gasteiger partial charge in [0.25, 0.3) is 0 Å². The predicted octanol–water partition coefficient (Wildman–Crippen LogP) is 4.00. The van der Waals surface area contributed by atoms with Crippen LogP contribution in [0, 0.1) is 5.92 Å². The van der Waals surface area contributed by atoms with Crippen LogP contribution in [-0.4, -0.2) is 66.9 Å². The summed E-state index contributed by atoms with van der Waals surface area (Å²) in [5, 5.41) is 10.2. The molecule has 4 nitrogen and oxygen atoms in total. The molecule has 0 bridgehead atoms. The highest BCUT2D eigenvalue weighted by atomic mass is 16.5. The second-order valence-corrected chi connectivity index (χ2v) is 9.34. The van der Waals surface area contributed by atoms with E-state index in [1.807, 2.05) is 12.1 Å². The van der Waals surface area contributed by atoms with Gasteiger partial charge in [0.05, 0.1) is 13.7 Å². The number of methoxy groups -OCH3 is 1. The van der Waals surface area contributed by atoms with Crippen molar-refractivity contribution in [2.75, 3.05) is 39.9 Å². The van der Waals surface area contributed by atoms with Gasteiger partial charge >= 0.3 is 0 Å². The lowest BCUT2D eigenvalue weighted by molar-refractivity contribution is -0.0649. The monoisotopic (exact) mass is 406 g/mol. The van der Waals surface area contributed by atoms with Crippen molar-refractivity contribution in [2.24, 2.45) is 5.92 Å². The summed E-state index contributed by atoms with van der Waals surface area (Å²) in [7, 11) is 1.71. The van der Waals surface area contributed by atoms with E-state index < -0.39 is 0 Å². The van der Waals surface area contributed by atoms with Gasteiger partial charge in [-0.25, -0.2) is 0 Å². The summed E-state index contributed by atoms with van der Waals surface area (Å²) in [5.41, 5.74) is 3.76. The Morgan fingerprint density at radius 1 is 1.00 bits per heavy atom. The minimum absolute atomic E-state index is 0.251. The van der Waals surface area contributed by atoms with Crippen molar-refractivity contribution in [3.8, 4) is 16.9 Å². The molecule has 2 aliphatic heterocycles. The predicted molar refractivity (Wildman–Crippen MR) is 121 cm³/mol. The van der Waals surface area contributed by atoms with Crippen LogP contribution in [0.4, 0.5) is 0 Å². The van der Waals surface area contributed by atoms with Crippen molar-refractivity contribution in [1.29, 1.82) is 0 Å². The smallest absolute Gasteiger partial charge is 0.119 e. The van der Waals surface area contributed by atoms with Crippen molar-refractivity contribution in [1.82, 2.24) is 9.80 Å². The van der Waals surface area contributed by atoms with Gasteiger partial charge in [0.2, 0.25) is 0 Å². The Hall–Kier alpha value is -1.88. The largest absolute Gasteiger partial charge is 0.497 e. The second-order valence-electron chi connectivity index (χ2n) is 9.34. The quantitative estimate of drug-likeness (QED) is 0.787. The van der Waals surface area contributed by atoms with Gasteiger partial charge in [-0.05, 0) is 73.5 Å². The lowest BCUT2D eigenvalue weighted by Crippen LogP contribution is -2.67. The summed E-state index contributed by atoms with van der Waals surface area (Å²) < 4.78 is 5.38. The third kappa shape index (κ3) is 4.01. The maximum atomic E-state index is 10.2. The van der Waals surface area contributed by atoms with Gasteiger partial charge in [0, 0.05) is 31.1 Å². The standard InChI is InChI=1S/C26H34N2O2/c1-30-23-6-4-5-22(15-23)20-9-11-21(12-10-20)26-24-17-27(16-19-7-8-19)13-2-3-14-28(24)25(26)18-29/h4-6,9-12,15,19,24-26,29H,2-3,7-8,13-14,16-18H2,1H3/t24-,25+,26+/m0/s1. The summed E-state index contributed by atoms with van der Waals surface area (Å²) in [4.78, 5) is 5.29. The summed E-state index contributed by atoms with van der Waals surface area (Å²) in [5.74, 6) is 2.25. The SMILES string of the molecule is COc1cccc(-c2ccc([C@H]3[C@@H](CO)N4CCCCN(CC5CC5)C[C@@H]34)cc2)c1. The fourth-order valence-electron chi connectivity index (χ4n) is 5.54. The topological polar surface area (TPSA) is 35.9 Å². The lowest BCUT2D eigenvalue weighted by atomic mass is 9.74. The van der Waals surface area contributed by atoms with Crippen LogP contribution >= 0.6 is 0 Å². The first-order chi connectivity index (χ1) is 14.8. The van der Waals surface area contributed by atoms with Crippen molar-refractivity contribution < 1.29 is 9.84 Å². The number of rotatable bonds is 6. The fourth-order valence-corrected chi connectivity index (χ4v) is 5.54. The molecular formula is C26H34N2O2. The van der Waals surface area contributed by atoms with Crippen LogP contribution < -0.4 is 4.74 Å². The molecule has 0 unspecified atom stereocenters. The zero-order valence-electron chi connectivity index (χ0n) is 18.0. The summed E-state index contributed by atoms with van der Waals surface area (Å²) >= 11 is 0. The van der Waals surface area contributed by atoms with E-state index in [0.29, 0.717) is 12.0 Å². The molecule has 0 spiro atoms. The molecule has 2 saturated heterocycles. The zero-order chi connectivity index (χ0) is 20.5. The molecule has 2 heterocycles. The maximum Gasteiger partial charge on any atom is 0.119 e. The van der Waals surface area contributed by atoms with E-state index in [4.69, 9.17) is 4.74 Å². The van der Waals surface area contributed by atoms with E-state index >= 15 is 0 Å². The minimum Gasteiger partial charge on any atom is -0.497 e. The average Bonchev–Trinajstić information content (AvgIpc) is 3.59. The maximum absolute atomic E-state index is 10.2. The van der Waals surface area contributed by atoms with E-state index in [9.17, 15) is 5.11 Å². The minimum atomic E-state index is 0.251. The molecule has 0 aromatic heterocycles. The Labute approximate surface area is 180 Å². The normalized spacial score (nSPS) is 27.6.